The number of hydrogen-bond acceptors (Lipinski definition) is 1. The molecule has 0 saturated carbocycles. The maximum absolute atomic E-state index is 10.4. The number of nitrogens with zero attached hydrogens (tertiary/aromatic N) is 1. The van der Waals surface area contributed by atoms with Crippen LogP contribution in [0.15, 0.2) is 0 Å². The Bertz CT molecular complexity index is 152. The molecule has 0 fully saturated rings. The molecule has 12 heavy (non-hydrogen) atoms. The Morgan fingerprint density at radius 2 is 1.58 bits per heavy atom. The van der Waals surface area contributed by atoms with Crippen LogP contribution in [0.2, 0.25) is 0 Å². The Morgan fingerprint density at radius 3 is 1.58 bits per heavy atom. The first-order valence-electron chi connectivity index (χ1n) is 2.99. The molecule has 7 heteroatoms. The van der Waals surface area contributed by atoms with Gasteiger partial charge in [0.05, 0.1) is 6.07 Å². The van der Waals surface area contributed by atoms with Crippen LogP contribution < -0.4 is 0 Å². The molecule has 0 radical (unpaired) electrons. The normalized spacial score (nSPS) is 13.8. The van der Waals surface area contributed by atoms with Crippen LogP contribution >= 0.6 is 9.19 Å². The van der Waals surface area contributed by atoms with Gasteiger partial charge in [-0.05, 0) is 5.92 Å². The molecule has 0 aromatic rings. The van der Waals surface area contributed by atoms with Crippen molar-refractivity contribution in [2.24, 2.45) is 5.92 Å². The molecule has 0 atom stereocenters. The summed E-state index contributed by atoms with van der Waals surface area (Å²) in [6.45, 7) is 4.06. The Hall–Kier alpha value is 0.240. The molecule has 0 bridgehead atoms. The Morgan fingerprint density at radius 1 is 1.33 bits per heavy atom. The Labute approximate surface area is 75.9 Å². The summed E-state index contributed by atoms with van der Waals surface area (Å²) in [6, 6.07) is 2.07. The standard InChI is InChI=1S/C5H9N.ClH.4FH.Ta/c1-5(2)3-4-6;;;;;;/h5H,3H2,1-2H3;5*1H;/q;;;;;;+5/p-5. The van der Waals surface area contributed by atoms with Crippen LogP contribution in [0, 0.1) is 17.2 Å². The van der Waals surface area contributed by atoms with Crippen LogP contribution in [0.5, 0.6) is 0 Å². The minimum atomic E-state index is -8.33. The van der Waals surface area contributed by atoms with Crippen LogP contribution in [0.4, 0.5) is 12.1 Å². The van der Waals surface area contributed by atoms with Gasteiger partial charge < -0.3 is 0 Å². The summed E-state index contributed by atoms with van der Waals surface area (Å²) in [7, 11) is 3.33. The quantitative estimate of drug-likeness (QED) is 0.637. The van der Waals surface area contributed by atoms with Gasteiger partial charge in [0.1, 0.15) is 0 Å². The van der Waals surface area contributed by atoms with Gasteiger partial charge in [0.25, 0.3) is 0 Å². The molecule has 0 aliphatic carbocycles. The summed E-state index contributed by atoms with van der Waals surface area (Å²) < 4.78 is 41.4. The second kappa shape index (κ2) is 5.07. The third kappa shape index (κ3) is 83.3. The van der Waals surface area contributed by atoms with Gasteiger partial charge in [-0.1, -0.05) is 13.8 Å². The second-order valence-corrected chi connectivity index (χ2v) is 11.2. The molecule has 0 aromatic carbocycles. The van der Waals surface area contributed by atoms with Gasteiger partial charge >= 0.3 is 38.2 Å². The van der Waals surface area contributed by atoms with E-state index in [0.717, 1.165) is 0 Å². The van der Waals surface area contributed by atoms with Gasteiger partial charge in [-0.3, -0.25) is 0 Å². The predicted octanol–water partition coefficient (Wildman–Crippen LogP) is 3.92. The number of nitriles is 1. The molecule has 0 unspecified atom stereocenters. The van der Waals surface area contributed by atoms with E-state index < -0.39 is 16.9 Å². The zero-order valence-corrected chi connectivity index (χ0v) is 10.5. The van der Waals surface area contributed by atoms with Crippen molar-refractivity contribution < 1.29 is 29.0 Å². The zero-order chi connectivity index (χ0) is 10.4. The van der Waals surface area contributed by atoms with Crippen molar-refractivity contribution >= 4 is 9.19 Å². The topological polar surface area (TPSA) is 23.8 Å². The van der Waals surface area contributed by atoms with Crippen LogP contribution in [0.3, 0.4) is 0 Å². The summed E-state index contributed by atoms with van der Waals surface area (Å²) in [5, 5.41) is 7.99. The first-order chi connectivity index (χ1) is 5.01. The van der Waals surface area contributed by atoms with Gasteiger partial charge in [0, 0.05) is 6.42 Å². The third-order valence-corrected chi connectivity index (χ3v) is 0.500. The van der Waals surface area contributed by atoms with Crippen molar-refractivity contribution in [3.05, 3.63) is 0 Å². The number of halogens is 5. The van der Waals surface area contributed by atoms with Crippen LogP contribution in [0.1, 0.15) is 20.3 Å². The summed E-state index contributed by atoms with van der Waals surface area (Å²) in [4.78, 5) is 0. The molecule has 0 N–H and O–H groups in total. The van der Waals surface area contributed by atoms with Gasteiger partial charge in [-0.2, -0.15) is 5.26 Å². The van der Waals surface area contributed by atoms with Crippen molar-refractivity contribution in [2.45, 2.75) is 20.3 Å². The van der Waals surface area contributed by atoms with E-state index in [9.17, 15) is 12.1 Å². The molecule has 0 spiro atoms. The van der Waals surface area contributed by atoms with Gasteiger partial charge in [-0.15, -0.1) is 0 Å². The van der Waals surface area contributed by atoms with Crippen LogP contribution in [-0.4, -0.2) is 0 Å². The Kier molecular flexibility index (Phi) is 6.24. The summed E-state index contributed by atoms with van der Waals surface area (Å²) in [5.41, 5.74) is 0. The van der Waals surface area contributed by atoms with Crippen molar-refractivity contribution in [3.63, 3.8) is 0 Å². The molecule has 0 amide bonds. The zero-order valence-electron chi connectivity index (χ0n) is 6.57. The van der Waals surface area contributed by atoms with E-state index in [1.807, 2.05) is 13.8 Å². The molecular formula is C5H9ClF4NTa. The van der Waals surface area contributed by atoms with E-state index in [4.69, 9.17) is 5.26 Å². The average molecular weight is 376 g/mol. The fourth-order valence-corrected chi connectivity index (χ4v) is 0.183. The van der Waals surface area contributed by atoms with Gasteiger partial charge in [0.15, 0.2) is 0 Å². The molecule has 74 valence electrons. The third-order valence-electron chi connectivity index (χ3n) is 0.500. The summed E-state index contributed by atoms with van der Waals surface area (Å²) in [5.74, 6) is 0.537. The molecular weight excluding hydrogens is 366 g/mol. The number of hydrogen-bond donors (Lipinski definition) is 0. The van der Waals surface area contributed by atoms with Crippen molar-refractivity contribution in [2.75, 3.05) is 0 Å². The van der Waals surface area contributed by atoms with Gasteiger partial charge in [0.2, 0.25) is 0 Å². The van der Waals surface area contributed by atoms with Crippen LogP contribution in [-0.2, 0) is 16.9 Å². The summed E-state index contributed by atoms with van der Waals surface area (Å²) >= 11 is -8.33. The van der Waals surface area contributed by atoms with E-state index in [2.05, 4.69) is 15.3 Å². The van der Waals surface area contributed by atoms with E-state index in [0.29, 0.717) is 12.3 Å². The van der Waals surface area contributed by atoms with E-state index >= 15 is 0 Å². The second-order valence-electron chi connectivity index (χ2n) is 2.39. The monoisotopic (exact) mass is 375 g/mol. The molecule has 0 aliphatic heterocycles. The molecule has 0 saturated heterocycles. The number of rotatable bonds is 1. The molecule has 1 nitrogen and oxygen atoms in total. The molecule has 0 rings (SSSR count). The molecule has 0 heterocycles. The van der Waals surface area contributed by atoms with Crippen molar-refractivity contribution in [3.8, 4) is 6.07 Å². The first kappa shape index (κ1) is 14.7. The summed E-state index contributed by atoms with van der Waals surface area (Å²) in [6.07, 6.45) is 0.681. The van der Waals surface area contributed by atoms with Gasteiger partial charge in [-0.25, -0.2) is 0 Å². The fraction of sp³-hybridized carbons (Fsp3) is 0.800. The van der Waals surface area contributed by atoms with E-state index in [1.165, 1.54) is 0 Å². The van der Waals surface area contributed by atoms with Crippen LogP contribution in [0.25, 0.3) is 0 Å². The van der Waals surface area contributed by atoms with Crippen molar-refractivity contribution in [1.82, 2.24) is 0 Å². The predicted molar refractivity (Wildman–Crippen MR) is 35.4 cm³/mol. The minimum absolute atomic E-state index is 0.537. The SMILES string of the molecule is CC(C)CC#N.[F][Ta]([F])([F])([F])[Cl]. The average Bonchev–Trinajstić information content (AvgIpc) is 1.55. The maximum atomic E-state index is 10.4. The molecule has 0 aliphatic rings. The van der Waals surface area contributed by atoms with E-state index in [-0.39, 0.29) is 0 Å². The first-order valence-corrected chi connectivity index (χ1v) is 11.8. The fourth-order valence-electron chi connectivity index (χ4n) is 0.183. The van der Waals surface area contributed by atoms with Crippen molar-refractivity contribution in [1.29, 1.82) is 5.26 Å². The molecule has 0 aromatic heterocycles. The van der Waals surface area contributed by atoms with E-state index in [1.54, 1.807) is 0 Å². The Balaban J connectivity index is 0.